The number of carbonyl (C=O) groups excluding carboxylic acids is 1. The van der Waals surface area contributed by atoms with Crippen LogP contribution in [0.5, 0.6) is 0 Å². The number of aromatic nitrogens is 1. The molecule has 6 heteroatoms. The van der Waals surface area contributed by atoms with Crippen LogP contribution in [-0.4, -0.2) is 10.8 Å². The zero-order valence-corrected chi connectivity index (χ0v) is 10.9. The molecule has 1 heterocycles. The molecule has 2 N–H and O–H groups in total. The average Bonchev–Trinajstić information content (AvgIpc) is 2.77. The molecule has 1 aromatic heterocycles. The highest BCUT2D eigenvalue weighted by Crippen LogP contribution is 2.29. The first-order valence-electron chi connectivity index (χ1n) is 4.74. The molecule has 0 bridgehead atoms. The highest BCUT2D eigenvalue weighted by atomic mass is 35.5. The molecule has 0 atom stereocenters. The van der Waals surface area contributed by atoms with Gasteiger partial charge in [0.15, 0.2) is 5.78 Å². The van der Waals surface area contributed by atoms with Gasteiger partial charge in [-0.15, -0.1) is 11.3 Å². The van der Waals surface area contributed by atoms with Crippen molar-refractivity contribution in [2.45, 2.75) is 6.42 Å². The van der Waals surface area contributed by atoms with Crippen molar-refractivity contribution < 1.29 is 4.79 Å². The molecule has 0 aliphatic rings. The fourth-order valence-electron chi connectivity index (χ4n) is 1.32. The Kier molecular flexibility index (Phi) is 3.66. The molecule has 0 saturated heterocycles. The standard InChI is InChI=1S/C11H8Cl2N2OS/c12-7-3-6(4-8(13)11(7)14)9(16)5-10-15-1-2-17-10/h1-4H,5,14H2. The summed E-state index contributed by atoms with van der Waals surface area (Å²) in [5.74, 6) is -0.0799. The maximum absolute atomic E-state index is 11.9. The van der Waals surface area contributed by atoms with Crippen LogP contribution in [0.15, 0.2) is 23.7 Å². The number of nitrogens with zero attached hydrogens (tertiary/aromatic N) is 1. The summed E-state index contributed by atoms with van der Waals surface area (Å²) in [6.07, 6.45) is 1.91. The first kappa shape index (κ1) is 12.4. The summed E-state index contributed by atoms with van der Waals surface area (Å²) in [6, 6.07) is 3.05. The summed E-state index contributed by atoms with van der Waals surface area (Å²) in [7, 11) is 0. The molecular formula is C11H8Cl2N2OS. The van der Waals surface area contributed by atoms with E-state index < -0.39 is 0 Å². The molecule has 1 aromatic carbocycles. The van der Waals surface area contributed by atoms with Gasteiger partial charge in [0.2, 0.25) is 0 Å². The molecule has 0 radical (unpaired) electrons. The molecule has 0 fully saturated rings. The van der Waals surface area contributed by atoms with Gasteiger partial charge >= 0.3 is 0 Å². The van der Waals surface area contributed by atoms with Crippen molar-refractivity contribution in [1.29, 1.82) is 0 Å². The number of hydrogen-bond donors (Lipinski definition) is 1. The van der Waals surface area contributed by atoms with Crippen LogP contribution in [0.2, 0.25) is 10.0 Å². The molecule has 0 saturated carbocycles. The van der Waals surface area contributed by atoms with E-state index in [1.165, 1.54) is 23.5 Å². The van der Waals surface area contributed by atoms with E-state index in [9.17, 15) is 4.79 Å². The van der Waals surface area contributed by atoms with Gasteiger partial charge in [-0.1, -0.05) is 23.2 Å². The van der Waals surface area contributed by atoms with Crippen LogP contribution in [0.1, 0.15) is 15.4 Å². The van der Waals surface area contributed by atoms with Gasteiger partial charge in [0.05, 0.1) is 22.2 Å². The zero-order chi connectivity index (χ0) is 12.4. The Balaban J connectivity index is 2.26. The molecule has 0 aliphatic carbocycles. The van der Waals surface area contributed by atoms with Crippen LogP contribution in [0.25, 0.3) is 0 Å². The number of anilines is 1. The van der Waals surface area contributed by atoms with Crippen LogP contribution in [0, 0.1) is 0 Å². The fourth-order valence-corrected chi connectivity index (χ4v) is 2.43. The number of hydrogen-bond acceptors (Lipinski definition) is 4. The van der Waals surface area contributed by atoms with Gasteiger partial charge in [-0.05, 0) is 12.1 Å². The first-order chi connectivity index (χ1) is 8.08. The van der Waals surface area contributed by atoms with Crippen LogP contribution in [0.4, 0.5) is 5.69 Å². The van der Waals surface area contributed by atoms with Crippen molar-refractivity contribution >= 4 is 46.0 Å². The van der Waals surface area contributed by atoms with Gasteiger partial charge in [-0.2, -0.15) is 0 Å². The van der Waals surface area contributed by atoms with E-state index >= 15 is 0 Å². The molecule has 17 heavy (non-hydrogen) atoms. The van der Waals surface area contributed by atoms with Gasteiger partial charge in [-0.3, -0.25) is 4.79 Å². The average molecular weight is 287 g/mol. The lowest BCUT2D eigenvalue weighted by molar-refractivity contribution is 0.0993. The Hall–Kier alpha value is -1.10. The van der Waals surface area contributed by atoms with Crippen molar-refractivity contribution in [3.8, 4) is 0 Å². The van der Waals surface area contributed by atoms with Crippen molar-refractivity contribution in [2.75, 3.05) is 5.73 Å². The Morgan fingerprint density at radius 2 is 2.00 bits per heavy atom. The second-order valence-corrected chi connectivity index (χ2v) is 5.17. The Labute approximate surface area is 112 Å². The number of ketones is 1. The zero-order valence-electron chi connectivity index (χ0n) is 8.61. The molecule has 0 spiro atoms. The first-order valence-corrected chi connectivity index (χ1v) is 6.37. The molecule has 3 nitrogen and oxygen atoms in total. The van der Waals surface area contributed by atoms with Crippen molar-refractivity contribution in [1.82, 2.24) is 4.98 Å². The van der Waals surface area contributed by atoms with E-state index in [1.807, 2.05) is 5.38 Å². The van der Waals surface area contributed by atoms with Crippen LogP contribution in [-0.2, 0) is 6.42 Å². The monoisotopic (exact) mass is 286 g/mol. The summed E-state index contributed by atoms with van der Waals surface area (Å²) >= 11 is 13.2. The number of benzene rings is 1. The minimum Gasteiger partial charge on any atom is -0.396 e. The van der Waals surface area contributed by atoms with Gasteiger partial charge in [-0.25, -0.2) is 4.98 Å². The third kappa shape index (κ3) is 2.77. The topological polar surface area (TPSA) is 56.0 Å². The fraction of sp³-hybridized carbons (Fsp3) is 0.0909. The molecule has 0 aliphatic heterocycles. The normalized spacial score (nSPS) is 10.5. The highest BCUT2D eigenvalue weighted by Gasteiger charge is 2.12. The number of halogens is 2. The summed E-state index contributed by atoms with van der Waals surface area (Å²) in [5.41, 5.74) is 6.34. The molecule has 2 aromatic rings. The quantitative estimate of drug-likeness (QED) is 0.694. The van der Waals surface area contributed by atoms with Crippen LogP contribution >= 0.6 is 34.5 Å². The molecule has 0 amide bonds. The number of rotatable bonds is 3. The van der Waals surface area contributed by atoms with Crippen molar-refractivity contribution in [3.05, 3.63) is 44.3 Å². The highest BCUT2D eigenvalue weighted by molar-refractivity contribution is 7.09. The Morgan fingerprint density at radius 1 is 1.35 bits per heavy atom. The molecule has 88 valence electrons. The van der Waals surface area contributed by atoms with Crippen molar-refractivity contribution in [2.24, 2.45) is 0 Å². The van der Waals surface area contributed by atoms with Crippen LogP contribution in [0.3, 0.4) is 0 Å². The summed E-state index contributed by atoms with van der Waals surface area (Å²) in [4.78, 5) is 16.0. The van der Waals surface area contributed by atoms with Crippen LogP contribution < -0.4 is 5.73 Å². The van der Waals surface area contributed by atoms with E-state index in [0.717, 1.165) is 5.01 Å². The van der Waals surface area contributed by atoms with Gasteiger partial charge in [0, 0.05) is 17.1 Å². The van der Waals surface area contributed by atoms with E-state index in [2.05, 4.69) is 4.98 Å². The summed E-state index contributed by atoms with van der Waals surface area (Å²) in [6.45, 7) is 0. The third-order valence-electron chi connectivity index (χ3n) is 2.20. The molecule has 2 rings (SSSR count). The number of carbonyl (C=O) groups is 1. The Morgan fingerprint density at radius 3 is 2.53 bits per heavy atom. The lowest BCUT2D eigenvalue weighted by Crippen LogP contribution is -2.04. The number of nitrogen functional groups attached to an aromatic ring is 1. The Bertz CT molecular complexity index is 532. The van der Waals surface area contributed by atoms with E-state index in [1.54, 1.807) is 6.20 Å². The maximum Gasteiger partial charge on any atom is 0.169 e. The number of Topliss-reactive ketones (excluding diaryl/α,β-unsaturated/α-hetero) is 1. The van der Waals surface area contributed by atoms with E-state index in [4.69, 9.17) is 28.9 Å². The minimum absolute atomic E-state index is 0.0799. The summed E-state index contributed by atoms with van der Waals surface area (Å²) < 4.78 is 0. The second kappa shape index (κ2) is 5.04. The smallest absolute Gasteiger partial charge is 0.169 e. The van der Waals surface area contributed by atoms with Gasteiger partial charge < -0.3 is 5.73 Å². The summed E-state index contributed by atoms with van der Waals surface area (Å²) in [5, 5.41) is 3.17. The molecule has 0 unspecified atom stereocenters. The SMILES string of the molecule is Nc1c(Cl)cc(C(=O)Cc2nccs2)cc1Cl. The van der Waals surface area contributed by atoms with Gasteiger partial charge in [0.1, 0.15) is 5.01 Å². The largest absolute Gasteiger partial charge is 0.396 e. The lowest BCUT2D eigenvalue weighted by Gasteiger charge is -2.04. The second-order valence-electron chi connectivity index (χ2n) is 3.38. The van der Waals surface area contributed by atoms with Crippen molar-refractivity contribution in [3.63, 3.8) is 0 Å². The minimum atomic E-state index is -0.0799. The van der Waals surface area contributed by atoms with Gasteiger partial charge in [0.25, 0.3) is 0 Å². The number of nitrogens with two attached hydrogens (primary N) is 1. The number of thiazole rings is 1. The maximum atomic E-state index is 11.9. The predicted molar refractivity (Wildman–Crippen MR) is 71.0 cm³/mol. The van der Waals surface area contributed by atoms with E-state index in [-0.39, 0.29) is 12.2 Å². The third-order valence-corrected chi connectivity index (χ3v) is 3.60. The lowest BCUT2D eigenvalue weighted by atomic mass is 10.1. The predicted octanol–water partition coefficient (Wildman–Crippen LogP) is 3.46. The molecular weight excluding hydrogens is 279 g/mol. The van der Waals surface area contributed by atoms with E-state index in [0.29, 0.717) is 21.3 Å².